The summed E-state index contributed by atoms with van der Waals surface area (Å²) in [6.07, 6.45) is 6.80. The normalized spacial score (nSPS) is 26.3. The van der Waals surface area contributed by atoms with Crippen LogP contribution in [0.4, 0.5) is 0 Å². The van der Waals surface area contributed by atoms with Crippen LogP contribution >= 0.6 is 0 Å². The van der Waals surface area contributed by atoms with E-state index < -0.39 is 0 Å². The van der Waals surface area contributed by atoms with Crippen LogP contribution in [0.3, 0.4) is 0 Å². The minimum absolute atomic E-state index is 0.0562. The lowest BCUT2D eigenvalue weighted by Gasteiger charge is -2.36. The van der Waals surface area contributed by atoms with Crippen LogP contribution in [0.25, 0.3) is 11.0 Å². The van der Waals surface area contributed by atoms with Crippen molar-refractivity contribution in [2.75, 3.05) is 0 Å². The van der Waals surface area contributed by atoms with Gasteiger partial charge < -0.3 is 10.3 Å². The maximum Gasteiger partial charge on any atom is 0.111 e. The second-order valence-electron chi connectivity index (χ2n) is 6.89. The third kappa shape index (κ3) is 2.98. The molecule has 2 N–H and O–H groups in total. The molecule has 3 nitrogen and oxygen atoms in total. The molecule has 0 spiro atoms. The van der Waals surface area contributed by atoms with Crippen molar-refractivity contribution >= 4 is 11.0 Å². The molecule has 0 aliphatic heterocycles. The van der Waals surface area contributed by atoms with Crippen LogP contribution in [0.15, 0.2) is 24.3 Å². The molecule has 114 valence electrons. The van der Waals surface area contributed by atoms with Crippen molar-refractivity contribution < 1.29 is 0 Å². The third-order valence-electron chi connectivity index (χ3n) is 4.96. The van der Waals surface area contributed by atoms with Crippen LogP contribution in [0, 0.1) is 5.92 Å². The van der Waals surface area contributed by atoms with Crippen LogP contribution in [-0.2, 0) is 13.0 Å². The van der Waals surface area contributed by atoms with Crippen LogP contribution in [0.5, 0.6) is 0 Å². The maximum atomic E-state index is 6.69. The molecule has 21 heavy (non-hydrogen) atoms. The number of imidazole rings is 1. The first-order chi connectivity index (χ1) is 10.1. The van der Waals surface area contributed by atoms with Crippen molar-refractivity contribution in [3.63, 3.8) is 0 Å². The van der Waals surface area contributed by atoms with Crippen LogP contribution in [0.1, 0.15) is 51.8 Å². The van der Waals surface area contributed by atoms with E-state index in [1.807, 2.05) is 0 Å². The van der Waals surface area contributed by atoms with Gasteiger partial charge in [-0.3, -0.25) is 0 Å². The molecule has 1 heterocycles. The monoisotopic (exact) mass is 285 g/mol. The van der Waals surface area contributed by atoms with Gasteiger partial charge in [-0.25, -0.2) is 4.98 Å². The lowest BCUT2D eigenvalue weighted by Crippen LogP contribution is -2.45. The zero-order valence-electron chi connectivity index (χ0n) is 13.3. The van der Waals surface area contributed by atoms with E-state index in [1.54, 1.807) is 0 Å². The van der Waals surface area contributed by atoms with Gasteiger partial charge in [0.2, 0.25) is 0 Å². The Morgan fingerprint density at radius 3 is 2.71 bits per heavy atom. The van der Waals surface area contributed by atoms with Crippen molar-refractivity contribution in [3.05, 3.63) is 30.1 Å². The van der Waals surface area contributed by atoms with Gasteiger partial charge in [0.1, 0.15) is 5.82 Å². The molecule has 1 aliphatic carbocycles. The van der Waals surface area contributed by atoms with Crippen molar-refractivity contribution in [2.24, 2.45) is 11.7 Å². The van der Waals surface area contributed by atoms with E-state index in [0.717, 1.165) is 43.7 Å². The summed E-state index contributed by atoms with van der Waals surface area (Å²) < 4.78 is 2.38. The van der Waals surface area contributed by atoms with Gasteiger partial charge >= 0.3 is 0 Å². The summed E-state index contributed by atoms with van der Waals surface area (Å²) in [5.41, 5.74) is 8.99. The van der Waals surface area contributed by atoms with Gasteiger partial charge in [0, 0.05) is 18.5 Å². The van der Waals surface area contributed by atoms with Gasteiger partial charge in [0.25, 0.3) is 0 Å². The molecule has 1 aliphatic rings. The number of para-hydroxylation sites is 2. The van der Waals surface area contributed by atoms with Crippen molar-refractivity contribution in [1.29, 1.82) is 0 Å². The molecular formula is C18H27N3. The number of aryl methyl sites for hydroxylation is 1. The highest BCUT2D eigenvalue weighted by atomic mass is 15.1. The lowest BCUT2D eigenvalue weighted by atomic mass is 9.76. The zero-order chi connectivity index (χ0) is 14.9. The van der Waals surface area contributed by atoms with E-state index in [-0.39, 0.29) is 5.54 Å². The summed E-state index contributed by atoms with van der Waals surface area (Å²) in [5, 5.41) is 0. The molecule has 3 heteroatoms. The molecule has 0 bridgehead atoms. The van der Waals surface area contributed by atoms with E-state index in [9.17, 15) is 0 Å². The van der Waals surface area contributed by atoms with Gasteiger partial charge in [-0.15, -0.1) is 0 Å². The number of hydrogen-bond donors (Lipinski definition) is 1. The largest absolute Gasteiger partial charge is 0.328 e. The molecular weight excluding hydrogens is 258 g/mol. The smallest absolute Gasteiger partial charge is 0.111 e. The Morgan fingerprint density at radius 2 is 2.00 bits per heavy atom. The second kappa shape index (κ2) is 5.80. The average Bonchev–Trinajstić information content (AvgIpc) is 2.81. The minimum atomic E-state index is -0.0562. The Hall–Kier alpha value is -1.35. The highest BCUT2D eigenvalue weighted by Crippen LogP contribution is 2.33. The van der Waals surface area contributed by atoms with Crippen LogP contribution in [0.2, 0.25) is 0 Å². The fraction of sp³-hybridized carbons (Fsp3) is 0.611. The van der Waals surface area contributed by atoms with E-state index >= 15 is 0 Å². The SMILES string of the molecule is CCCn1c(CC2(N)CCC(C)CC2)nc2ccccc21. The van der Waals surface area contributed by atoms with E-state index in [1.165, 1.54) is 24.2 Å². The van der Waals surface area contributed by atoms with E-state index in [0.29, 0.717) is 0 Å². The fourth-order valence-corrected chi connectivity index (χ4v) is 3.56. The van der Waals surface area contributed by atoms with Crippen LogP contribution in [-0.4, -0.2) is 15.1 Å². The Kier molecular flexibility index (Phi) is 4.03. The average molecular weight is 285 g/mol. The van der Waals surface area contributed by atoms with Gasteiger partial charge in [-0.1, -0.05) is 26.0 Å². The number of rotatable bonds is 4. The molecule has 0 saturated heterocycles. The molecule has 2 aromatic rings. The Morgan fingerprint density at radius 1 is 1.29 bits per heavy atom. The van der Waals surface area contributed by atoms with Gasteiger partial charge in [-0.05, 0) is 50.2 Å². The molecule has 1 fully saturated rings. The number of nitrogens with two attached hydrogens (primary N) is 1. The first-order valence-electron chi connectivity index (χ1n) is 8.34. The number of hydrogen-bond acceptors (Lipinski definition) is 2. The lowest BCUT2D eigenvalue weighted by molar-refractivity contribution is 0.239. The summed E-state index contributed by atoms with van der Waals surface area (Å²) in [6, 6.07) is 8.45. The van der Waals surface area contributed by atoms with E-state index in [2.05, 4.69) is 42.7 Å². The molecule has 1 aromatic heterocycles. The van der Waals surface area contributed by atoms with Gasteiger partial charge in [0.05, 0.1) is 11.0 Å². The maximum absolute atomic E-state index is 6.69. The Labute approximate surface area is 127 Å². The fourth-order valence-electron chi connectivity index (χ4n) is 3.56. The predicted octanol–water partition coefficient (Wildman–Crippen LogP) is 3.90. The summed E-state index contributed by atoms with van der Waals surface area (Å²) in [6.45, 7) is 5.59. The minimum Gasteiger partial charge on any atom is -0.328 e. The quantitative estimate of drug-likeness (QED) is 0.926. The van der Waals surface area contributed by atoms with Crippen molar-refractivity contribution in [1.82, 2.24) is 9.55 Å². The number of aromatic nitrogens is 2. The summed E-state index contributed by atoms with van der Waals surface area (Å²) in [5.74, 6) is 2.01. The standard InChI is InChI=1S/C18H27N3/c1-3-12-21-16-7-5-4-6-15(16)20-17(21)13-18(19)10-8-14(2)9-11-18/h4-7,14H,3,8-13,19H2,1-2H3. The zero-order valence-corrected chi connectivity index (χ0v) is 13.3. The molecule has 1 saturated carbocycles. The predicted molar refractivity (Wildman–Crippen MR) is 88.3 cm³/mol. The molecule has 0 unspecified atom stereocenters. The molecule has 0 amide bonds. The van der Waals surface area contributed by atoms with Crippen LogP contribution < -0.4 is 5.73 Å². The Bertz CT molecular complexity index is 606. The summed E-state index contributed by atoms with van der Waals surface area (Å²) in [4.78, 5) is 4.87. The van der Waals surface area contributed by atoms with Crippen molar-refractivity contribution in [2.45, 2.75) is 64.5 Å². The van der Waals surface area contributed by atoms with Gasteiger partial charge in [-0.2, -0.15) is 0 Å². The topological polar surface area (TPSA) is 43.8 Å². The highest BCUT2D eigenvalue weighted by molar-refractivity contribution is 5.75. The third-order valence-corrected chi connectivity index (χ3v) is 4.96. The summed E-state index contributed by atoms with van der Waals surface area (Å²) >= 11 is 0. The number of nitrogens with zero attached hydrogens (tertiary/aromatic N) is 2. The number of benzene rings is 1. The molecule has 0 atom stereocenters. The first-order valence-corrected chi connectivity index (χ1v) is 8.34. The highest BCUT2D eigenvalue weighted by Gasteiger charge is 2.32. The molecule has 0 radical (unpaired) electrons. The summed E-state index contributed by atoms with van der Waals surface area (Å²) in [7, 11) is 0. The van der Waals surface area contributed by atoms with E-state index in [4.69, 9.17) is 10.7 Å². The molecule has 1 aromatic carbocycles. The molecule has 3 rings (SSSR count). The van der Waals surface area contributed by atoms with Crippen molar-refractivity contribution in [3.8, 4) is 0 Å². The number of fused-ring (bicyclic) bond motifs is 1. The Balaban J connectivity index is 1.91. The second-order valence-corrected chi connectivity index (χ2v) is 6.89. The first kappa shape index (κ1) is 14.6. The van der Waals surface area contributed by atoms with Gasteiger partial charge in [0.15, 0.2) is 0 Å².